The van der Waals surface area contributed by atoms with Crippen molar-refractivity contribution in [1.82, 2.24) is 0 Å². The van der Waals surface area contributed by atoms with Gasteiger partial charge in [-0.05, 0) is 28.8 Å². The predicted molar refractivity (Wildman–Crippen MR) is 82.6 cm³/mol. The van der Waals surface area contributed by atoms with Gasteiger partial charge in [0.05, 0.1) is 0 Å². The molecule has 0 spiro atoms. The Balaban J connectivity index is 1.82. The molecule has 3 rings (SSSR count). The number of benzene rings is 3. The molecule has 0 bridgehead atoms. The lowest BCUT2D eigenvalue weighted by molar-refractivity contribution is 0.290. The van der Waals surface area contributed by atoms with Crippen LogP contribution in [0.1, 0.15) is 5.56 Å². The van der Waals surface area contributed by atoms with Crippen molar-refractivity contribution in [2.24, 2.45) is 0 Å². The van der Waals surface area contributed by atoms with Gasteiger partial charge in [0.2, 0.25) is 0 Å². The third-order valence-corrected chi connectivity index (χ3v) is 3.28. The maximum Gasteiger partial charge on any atom is 0.165 e. The second-order valence-corrected chi connectivity index (χ2v) is 4.79. The monoisotopic (exact) mass is 278 g/mol. The largest absolute Gasteiger partial charge is 0.486 e. The normalized spacial score (nSPS) is 10.3. The Morgan fingerprint density at radius 3 is 2.10 bits per heavy atom. The third kappa shape index (κ3) is 3.29. The lowest BCUT2D eigenvalue weighted by Crippen LogP contribution is -1.97. The maximum absolute atomic E-state index is 13.9. The lowest BCUT2D eigenvalue weighted by atomic mass is 10.1. The summed E-state index contributed by atoms with van der Waals surface area (Å²) in [6, 6.07) is 24.6. The predicted octanol–water partition coefficient (Wildman–Crippen LogP) is 5.07. The molecular formula is C19H15FO. The topological polar surface area (TPSA) is 9.23 Å². The Bertz CT molecular complexity index is 708. The van der Waals surface area contributed by atoms with Crippen molar-refractivity contribution >= 4 is 0 Å². The molecule has 104 valence electrons. The van der Waals surface area contributed by atoms with Crippen LogP contribution in [0.3, 0.4) is 0 Å². The molecule has 0 aliphatic carbocycles. The van der Waals surface area contributed by atoms with Crippen LogP contribution in [0.2, 0.25) is 0 Å². The van der Waals surface area contributed by atoms with E-state index >= 15 is 0 Å². The van der Waals surface area contributed by atoms with Crippen molar-refractivity contribution in [2.75, 3.05) is 0 Å². The Morgan fingerprint density at radius 2 is 1.38 bits per heavy atom. The lowest BCUT2D eigenvalue weighted by Gasteiger charge is -2.09. The highest BCUT2D eigenvalue weighted by Gasteiger charge is 2.06. The molecule has 21 heavy (non-hydrogen) atoms. The summed E-state index contributed by atoms with van der Waals surface area (Å²) < 4.78 is 19.5. The van der Waals surface area contributed by atoms with Gasteiger partial charge in [0, 0.05) is 0 Å². The van der Waals surface area contributed by atoms with Gasteiger partial charge >= 0.3 is 0 Å². The van der Waals surface area contributed by atoms with Gasteiger partial charge in [-0.2, -0.15) is 0 Å². The van der Waals surface area contributed by atoms with Crippen LogP contribution in [0.25, 0.3) is 11.1 Å². The maximum atomic E-state index is 13.9. The number of ether oxygens (including phenoxy) is 1. The van der Waals surface area contributed by atoms with Crippen LogP contribution in [0, 0.1) is 5.82 Å². The zero-order valence-corrected chi connectivity index (χ0v) is 11.5. The summed E-state index contributed by atoms with van der Waals surface area (Å²) in [5, 5.41) is 0. The molecular weight excluding hydrogens is 263 g/mol. The van der Waals surface area contributed by atoms with Crippen LogP contribution in [0.15, 0.2) is 78.9 Å². The molecule has 3 aromatic carbocycles. The first-order chi connectivity index (χ1) is 10.3. The Labute approximate surface area is 123 Å². The van der Waals surface area contributed by atoms with E-state index in [2.05, 4.69) is 0 Å². The van der Waals surface area contributed by atoms with E-state index in [4.69, 9.17) is 4.74 Å². The second-order valence-electron chi connectivity index (χ2n) is 4.79. The van der Waals surface area contributed by atoms with E-state index < -0.39 is 0 Å². The fourth-order valence-corrected chi connectivity index (χ4v) is 2.16. The summed E-state index contributed by atoms with van der Waals surface area (Å²) in [6.45, 7) is 0.357. The fourth-order valence-electron chi connectivity index (χ4n) is 2.16. The van der Waals surface area contributed by atoms with Gasteiger partial charge in [0.25, 0.3) is 0 Å². The molecule has 0 N–H and O–H groups in total. The van der Waals surface area contributed by atoms with Crippen LogP contribution in [-0.2, 0) is 6.61 Å². The molecule has 0 saturated carbocycles. The summed E-state index contributed by atoms with van der Waals surface area (Å²) in [6.07, 6.45) is 0. The minimum absolute atomic E-state index is 0.278. The molecule has 0 aliphatic rings. The number of halogens is 1. The Morgan fingerprint density at radius 1 is 0.714 bits per heavy atom. The summed E-state index contributed by atoms with van der Waals surface area (Å²) >= 11 is 0. The van der Waals surface area contributed by atoms with E-state index in [9.17, 15) is 4.39 Å². The molecule has 0 unspecified atom stereocenters. The first-order valence-corrected chi connectivity index (χ1v) is 6.84. The van der Waals surface area contributed by atoms with Gasteiger partial charge in [0.1, 0.15) is 6.61 Å². The van der Waals surface area contributed by atoms with Crippen molar-refractivity contribution < 1.29 is 9.13 Å². The van der Waals surface area contributed by atoms with Crippen LogP contribution >= 0.6 is 0 Å². The Hall–Kier alpha value is -2.61. The zero-order chi connectivity index (χ0) is 14.5. The molecule has 0 atom stereocenters. The molecule has 0 amide bonds. The van der Waals surface area contributed by atoms with Crippen LogP contribution < -0.4 is 4.74 Å². The minimum atomic E-state index is -0.342. The van der Waals surface area contributed by atoms with Gasteiger partial charge in [-0.15, -0.1) is 0 Å². The van der Waals surface area contributed by atoms with Gasteiger partial charge in [-0.1, -0.05) is 66.7 Å². The highest BCUT2D eigenvalue weighted by atomic mass is 19.1. The average molecular weight is 278 g/mol. The highest BCUT2D eigenvalue weighted by Crippen LogP contribution is 2.26. The quantitative estimate of drug-likeness (QED) is 0.647. The van der Waals surface area contributed by atoms with Crippen molar-refractivity contribution in [2.45, 2.75) is 6.61 Å². The van der Waals surface area contributed by atoms with Crippen LogP contribution in [0.5, 0.6) is 5.75 Å². The van der Waals surface area contributed by atoms with Gasteiger partial charge in [-0.25, -0.2) is 4.39 Å². The van der Waals surface area contributed by atoms with E-state index in [1.165, 1.54) is 6.07 Å². The summed E-state index contributed by atoms with van der Waals surface area (Å²) in [5.74, 6) is -0.0641. The van der Waals surface area contributed by atoms with Crippen molar-refractivity contribution in [1.29, 1.82) is 0 Å². The first-order valence-electron chi connectivity index (χ1n) is 6.84. The number of hydrogen-bond donors (Lipinski definition) is 0. The molecule has 0 fully saturated rings. The van der Waals surface area contributed by atoms with E-state index in [1.54, 1.807) is 12.1 Å². The van der Waals surface area contributed by atoms with Crippen molar-refractivity contribution in [3.05, 3.63) is 90.2 Å². The molecule has 0 aliphatic heterocycles. The molecule has 3 aromatic rings. The molecule has 2 heteroatoms. The second kappa shape index (κ2) is 6.23. The van der Waals surface area contributed by atoms with Crippen molar-refractivity contribution in [3.63, 3.8) is 0 Å². The molecule has 0 aromatic heterocycles. The molecule has 0 heterocycles. The SMILES string of the molecule is Fc1ccc(-c2ccccc2)cc1OCc1ccccc1. The van der Waals surface area contributed by atoms with Crippen molar-refractivity contribution in [3.8, 4) is 16.9 Å². The number of hydrogen-bond acceptors (Lipinski definition) is 1. The Kier molecular flexibility index (Phi) is 3.97. The first kappa shape index (κ1) is 13.4. The minimum Gasteiger partial charge on any atom is -0.486 e. The van der Waals surface area contributed by atoms with E-state index in [0.717, 1.165) is 16.7 Å². The average Bonchev–Trinajstić information content (AvgIpc) is 2.56. The van der Waals surface area contributed by atoms with Gasteiger partial charge < -0.3 is 4.74 Å². The molecule has 0 saturated heterocycles. The highest BCUT2D eigenvalue weighted by molar-refractivity contribution is 5.65. The summed E-state index contributed by atoms with van der Waals surface area (Å²) in [5.41, 5.74) is 3.00. The van der Waals surface area contributed by atoms with Gasteiger partial charge in [-0.3, -0.25) is 0 Å². The van der Waals surface area contributed by atoms with E-state index in [-0.39, 0.29) is 11.6 Å². The third-order valence-electron chi connectivity index (χ3n) is 3.28. The standard InChI is InChI=1S/C19H15FO/c20-18-12-11-17(16-9-5-2-6-10-16)13-19(18)21-14-15-7-3-1-4-8-15/h1-13H,14H2. The summed E-state index contributed by atoms with van der Waals surface area (Å²) in [7, 11) is 0. The smallest absolute Gasteiger partial charge is 0.165 e. The number of rotatable bonds is 4. The fraction of sp³-hybridized carbons (Fsp3) is 0.0526. The summed E-state index contributed by atoms with van der Waals surface area (Å²) in [4.78, 5) is 0. The zero-order valence-electron chi connectivity index (χ0n) is 11.5. The van der Waals surface area contributed by atoms with Crippen LogP contribution in [-0.4, -0.2) is 0 Å². The molecule has 0 radical (unpaired) electrons. The van der Waals surface area contributed by atoms with Gasteiger partial charge in [0.15, 0.2) is 11.6 Å². The van der Waals surface area contributed by atoms with E-state index in [0.29, 0.717) is 6.61 Å². The van der Waals surface area contributed by atoms with E-state index in [1.807, 2.05) is 60.7 Å². The van der Waals surface area contributed by atoms with Crippen LogP contribution in [0.4, 0.5) is 4.39 Å². The molecule has 1 nitrogen and oxygen atoms in total.